The Morgan fingerprint density at radius 2 is 2.13 bits per heavy atom. The summed E-state index contributed by atoms with van der Waals surface area (Å²) in [6, 6.07) is 13.7. The maximum absolute atomic E-state index is 11.1. The Labute approximate surface area is 185 Å². The van der Waals surface area contributed by atoms with E-state index >= 15 is 0 Å². The number of methoxy groups -OCH3 is 1. The van der Waals surface area contributed by atoms with Crippen LogP contribution in [0.25, 0.3) is 11.3 Å². The number of pyridine rings is 1. The first-order valence-electron chi connectivity index (χ1n) is 9.94. The van der Waals surface area contributed by atoms with Crippen molar-refractivity contribution in [1.82, 2.24) is 15.2 Å². The minimum absolute atomic E-state index is 0.0398. The molecule has 0 spiro atoms. The van der Waals surface area contributed by atoms with Gasteiger partial charge in [0.1, 0.15) is 23.3 Å². The second kappa shape index (κ2) is 8.73. The minimum Gasteiger partial charge on any atom is -0.496 e. The SMILES string of the molecule is CCCN1C(=S)N[C@@H](c2ccccn2)[C@@H]1c1ccc(-c2ccc([N+](=O)[O-])cc2OC)o1. The van der Waals surface area contributed by atoms with Crippen molar-refractivity contribution in [2.45, 2.75) is 25.4 Å². The molecule has 4 rings (SSSR count). The van der Waals surface area contributed by atoms with E-state index in [0.717, 1.165) is 24.4 Å². The van der Waals surface area contributed by atoms with Crippen LogP contribution in [0.3, 0.4) is 0 Å². The minimum atomic E-state index is -0.453. The number of ether oxygens (including phenoxy) is 1. The van der Waals surface area contributed by atoms with Crippen LogP contribution in [0.5, 0.6) is 5.75 Å². The summed E-state index contributed by atoms with van der Waals surface area (Å²) < 4.78 is 11.6. The van der Waals surface area contributed by atoms with E-state index in [1.807, 2.05) is 30.3 Å². The van der Waals surface area contributed by atoms with Gasteiger partial charge in [0.2, 0.25) is 0 Å². The number of furan rings is 1. The molecule has 0 unspecified atom stereocenters. The summed E-state index contributed by atoms with van der Waals surface area (Å²) in [6.45, 7) is 2.87. The third-order valence-corrected chi connectivity index (χ3v) is 5.59. The molecule has 8 nitrogen and oxygen atoms in total. The number of thiocarbonyl (C=S) groups is 1. The molecule has 0 bridgehead atoms. The second-order valence-corrected chi connectivity index (χ2v) is 7.55. The number of hydrogen-bond donors (Lipinski definition) is 1. The highest BCUT2D eigenvalue weighted by atomic mass is 32.1. The summed E-state index contributed by atoms with van der Waals surface area (Å²) in [4.78, 5) is 17.3. The number of nitrogens with zero attached hydrogens (tertiary/aromatic N) is 3. The van der Waals surface area contributed by atoms with Gasteiger partial charge in [-0.1, -0.05) is 13.0 Å². The smallest absolute Gasteiger partial charge is 0.273 e. The molecule has 160 valence electrons. The lowest BCUT2D eigenvalue weighted by molar-refractivity contribution is -0.384. The Bertz CT molecular complexity index is 1100. The Hall–Kier alpha value is -3.46. The van der Waals surface area contributed by atoms with Crippen LogP contribution >= 0.6 is 12.2 Å². The zero-order valence-corrected chi connectivity index (χ0v) is 18.0. The molecule has 0 radical (unpaired) electrons. The van der Waals surface area contributed by atoms with Crippen molar-refractivity contribution in [3.8, 4) is 17.1 Å². The molecule has 3 heterocycles. The van der Waals surface area contributed by atoms with Crippen LogP contribution in [-0.4, -0.2) is 33.6 Å². The summed E-state index contributed by atoms with van der Waals surface area (Å²) in [5, 5.41) is 15.1. The fourth-order valence-electron chi connectivity index (χ4n) is 3.85. The topological polar surface area (TPSA) is 93.7 Å². The van der Waals surface area contributed by atoms with Crippen molar-refractivity contribution in [2.75, 3.05) is 13.7 Å². The number of benzene rings is 1. The van der Waals surface area contributed by atoms with E-state index in [9.17, 15) is 10.1 Å². The zero-order valence-electron chi connectivity index (χ0n) is 17.1. The van der Waals surface area contributed by atoms with Crippen molar-refractivity contribution in [3.05, 3.63) is 76.3 Å². The lowest BCUT2D eigenvalue weighted by Crippen LogP contribution is -2.30. The largest absolute Gasteiger partial charge is 0.496 e. The van der Waals surface area contributed by atoms with Crippen LogP contribution in [0.1, 0.15) is 36.9 Å². The Morgan fingerprint density at radius 1 is 1.29 bits per heavy atom. The lowest BCUT2D eigenvalue weighted by atomic mass is 10.0. The number of nitro benzene ring substituents is 1. The van der Waals surface area contributed by atoms with Gasteiger partial charge < -0.3 is 19.4 Å². The summed E-state index contributed by atoms with van der Waals surface area (Å²) in [6.07, 6.45) is 2.69. The van der Waals surface area contributed by atoms with Gasteiger partial charge >= 0.3 is 0 Å². The summed E-state index contributed by atoms with van der Waals surface area (Å²) in [5.74, 6) is 1.67. The maximum Gasteiger partial charge on any atom is 0.273 e. The average Bonchev–Trinajstić information content (AvgIpc) is 3.39. The van der Waals surface area contributed by atoms with Crippen molar-refractivity contribution in [3.63, 3.8) is 0 Å². The molecule has 2 aromatic heterocycles. The van der Waals surface area contributed by atoms with Crippen molar-refractivity contribution >= 4 is 23.0 Å². The van der Waals surface area contributed by atoms with Crippen LogP contribution in [0.15, 0.2) is 59.1 Å². The Balaban J connectivity index is 1.73. The monoisotopic (exact) mass is 438 g/mol. The van der Waals surface area contributed by atoms with Crippen molar-refractivity contribution < 1.29 is 14.1 Å². The highest BCUT2D eigenvalue weighted by Crippen LogP contribution is 2.42. The Morgan fingerprint density at radius 3 is 2.81 bits per heavy atom. The molecule has 9 heteroatoms. The number of aromatic nitrogens is 1. The van der Waals surface area contributed by atoms with Crippen molar-refractivity contribution in [2.24, 2.45) is 0 Å². The highest BCUT2D eigenvalue weighted by molar-refractivity contribution is 7.80. The van der Waals surface area contributed by atoms with E-state index in [-0.39, 0.29) is 17.8 Å². The van der Waals surface area contributed by atoms with Crippen LogP contribution in [0, 0.1) is 10.1 Å². The van der Waals surface area contributed by atoms with Gasteiger partial charge in [-0.3, -0.25) is 15.1 Å². The second-order valence-electron chi connectivity index (χ2n) is 7.16. The first-order chi connectivity index (χ1) is 15.0. The van der Waals surface area contributed by atoms with Gasteiger partial charge in [-0.2, -0.15) is 0 Å². The van der Waals surface area contributed by atoms with Crippen LogP contribution in [0.4, 0.5) is 5.69 Å². The molecular formula is C22H22N4O4S. The maximum atomic E-state index is 11.1. The van der Waals surface area contributed by atoms with Gasteiger partial charge in [0, 0.05) is 18.8 Å². The van der Waals surface area contributed by atoms with E-state index in [1.165, 1.54) is 19.2 Å². The molecule has 1 aliphatic rings. The van der Waals surface area contributed by atoms with E-state index in [1.54, 1.807) is 12.3 Å². The molecule has 0 aliphatic carbocycles. The molecule has 2 atom stereocenters. The molecule has 1 aliphatic heterocycles. The number of hydrogen-bond acceptors (Lipinski definition) is 6. The zero-order chi connectivity index (χ0) is 22.0. The molecule has 0 saturated carbocycles. The van der Waals surface area contributed by atoms with Gasteiger partial charge in [0.05, 0.1) is 35.4 Å². The standard InChI is InChI=1S/C22H22N4O4S/c1-3-12-25-21(20(24-22(25)31)16-6-4-5-11-23-16)18-10-9-17(30-18)15-8-7-14(26(27)28)13-19(15)29-2/h4-11,13,20-21H,3,12H2,1-2H3,(H,24,31)/t20-,21-/m0/s1. The van der Waals surface area contributed by atoms with Crippen molar-refractivity contribution in [1.29, 1.82) is 0 Å². The van der Waals surface area contributed by atoms with Crippen LogP contribution in [-0.2, 0) is 0 Å². The first kappa shape index (κ1) is 20.8. The number of nitrogens with one attached hydrogen (secondary N) is 1. The van der Waals surface area contributed by atoms with Crippen LogP contribution < -0.4 is 10.1 Å². The molecule has 1 aromatic carbocycles. The number of non-ortho nitro benzene ring substituents is 1. The fourth-order valence-corrected chi connectivity index (χ4v) is 4.18. The highest BCUT2D eigenvalue weighted by Gasteiger charge is 2.41. The molecule has 1 N–H and O–H groups in total. The van der Waals surface area contributed by atoms with E-state index < -0.39 is 4.92 Å². The summed E-state index contributed by atoms with van der Waals surface area (Å²) >= 11 is 5.60. The molecule has 1 fully saturated rings. The average molecular weight is 439 g/mol. The van der Waals surface area contributed by atoms with Gasteiger partial charge in [0.25, 0.3) is 5.69 Å². The van der Waals surface area contributed by atoms with Crippen LogP contribution in [0.2, 0.25) is 0 Å². The summed E-state index contributed by atoms with van der Waals surface area (Å²) in [5.41, 5.74) is 1.48. The molecule has 0 amide bonds. The molecule has 31 heavy (non-hydrogen) atoms. The first-order valence-corrected chi connectivity index (χ1v) is 10.3. The quantitative estimate of drug-likeness (QED) is 0.324. The third kappa shape index (κ3) is 3.96. The van der Waals surface area contributed by atoms with E-state index in [4.69, 9.17) is 21.4 Å². The fraction of sp³-hybridized carbons (Fsp3) is 0.273. The molecular weight excluding hydrogens is 416 g/mol. The van der Waals surface area contributed by atoms with Gasteiger partial charge in [-0.25, -0.2) is 0 Å². The summed E-state index contributed by atoms with van der Waals surface area (Å²) in [7, 11) is 1.48. The predicted octanol–water partition coefficient (Wildman–Crippen LogP) is 4.64. The number of rotatable bonds is 7. The predicted molar refractivity (Wildman–Crippen MR) is 120 cm³/mol. The molecule has 3 aromatic rings. The normalized spacial score (nSPS) is 18.1. The van der Waals surface area contributed by atoms with Gasteiger partial charge in [0.15, 0.2) is 5.11 Å². The van der Waals surface area contributed by atoms with Gasteiger partial charge in [-0.05, 0) is 49.0 Å². The number of nitro groups is 1. The lowest BCUT2D eigenvalue weighted by Gasteiger charge is -2.25. The third-order valence-electron chi connectivity index (χ3n) is 5.24. The Kier molecular flexibility index (Phi) is 5.85. The van der Waals surface area contributed by atoms with Gasteiger partial charge in [-0.15, -0.1) is 0 Å². The molecule has 1 saturated heterocycles. The van der Waals surface area contributed by atoms with E-state index in [2.05, 4.69) is 22.1 Å². The van der Waals surface area contributed by atoms with E-state index in [0.29, 0.717) is 22.2 Å².